The first-order chi connectivity index (χ1) is 11.8. The van der Waals surface area contributed by atoms with Crippen LogP contribution in [0, 0.1) is 0 Å². The molecule has 136 valence electrons. The van der Waals surface area contributed by atoms with Gasteiger partial charge in [-0.15, -0.1) is 5.10 Å². The number of nitrogens with zero attached hydrogens (tertiary/aromatic N) is 2. The normalized spacial score (nSPS) is 13.5. The summed E-state index contributed by atoms with van der Waals surface area (Å²) in [5.41, 5.74) is 0.526. The minimum absolute atomic E-state index is 0.165. The number of amides is 1. The molecule has 2 aromatic rings. The van der Waals surface area contributed by atoms with E-state index < -0.39 is 5.25 Å². The zero-order valence-corrected chi connectivity index (χ0v) is 16.5. The third-order valence-corrected chi connectivity index (χ3v) is 5.26. The van der Waals surface area contributed by atoms with Gasteiger partial charge in [0.05, 0.1) is 11.3 Å². The highest BCUT2D eigenvalue weighted by atomic mass is 35.5. The highest BCUT2D eigenvalue weighted by Crippen LogP contribution is 2.27. The van der Waals surface area contributed by atoms with Crippen LogP contribution in [0.5, 0.6) is 0 Å². The molecule has 6 nitrogen and oxygen atoms in total. The number of aromatic amines is 1. The molecule has 0 spiro atoms. The van der Waals surface area contributed by atoms with E-state index in [1.165, 1.54) is 16.3 Å². The first-order valence-corrected chi connectivity index (χ1v) is 9.54. The van der Waals surface area contributed by atoms with E-state index in [2.05, 4.69) is 15.5 Å². The van der Waals surface area contributed by atoms with Crippen molar-refractivity contribution in [3.05, 3.63) is 44.3 Å². The number of rotatable bonds is 7. The van der Waals surface area contributed by atoms with Crippen LogP contribution in [0.15, 0.2) is 28.2 Å². The molecule has 0 saturated heterocycles. The van der Waals surface area contributed by atoms with Crippen LogP contribution in [-0.4, -0.2) is 25.9 Å². The molecule has 2 rings (SSSR count). The molecule has 1 aromatic heterocycles. The number of benzene rings is 1. The summed E-state index contributed by atoms with van der Waals surface area (Å²) < 4.78 is 1.54. The molecule has 2 atom stereocenters. The van der Waals surface area contributed by atoms with E-state index in [4.69, 9.17) is 23.2 Å². The first-order valence-electron chi connectivity index (χ1n) is 7.90. The summed E-state index contributed by atoms with van der Waals surface area (Å²) in [6.45, 7) is 6.15. The minimum Gasteiger partial charge on any atom is -0.349 e. The Bertz CT molecular complexity index is 806. The van der Waals surface area contributed by atoms with Crippen LogP contribution in [0.4, 0.5) is 0 Å². The molecule has 9 heteroatoms. The summed E-state index contributed by atoms with van der Waals surface area (Å²) in [5.74, 6) is -0.165. The van der Waals surface area contributed by atoms with Crippen LogP contribution in [0.3, 0.4) is 0 Å². The van der Waals surface area contributed by atoms with Gasteiger partial charge in [-0.25, -0.2) is 9.89 Å². The molecule has 0 unspecified atom stereocenters. The smallest absolute Gasteiger partial charge is 0.343 e. The standard InChI is InChI=1S/C16H20Cl2N4O2S/c1-4-7-22-15(24)20-21-16(22)25-10(3)14(23)19-9(2)12-6-5-11(17)8-13(12)18/h5-6,8-10H,4,7H2,1-3H3,(H,19,23)(H,20,24)/t9-,10+/m0/s1. The number of aromatic nitrogens is 3. The molecule has 2 N–H and O–H groups in total. The van der Waals surface area contributed by atoms with Crippen molar-refractivity contribution in [2.45, 2.75) is 50.2 Å². The van der Waals surface area contributed by atoms with Gasteiger partial charge < -0.3 is 5.32 Å². The van der Waals surface area contributed by atoms with Crippen molar-refractivity contribution in [3.8, 4) is 0 Å². The van der Waals surface area contributed by atoms with E-state index in [1.54, 1.807) is 25.1 Å². The molecule has 0 aliphatic rings. The number of halogens is 2. The van der Waals surface area contributed by atoms with Gasteiger partial charge in [-0.2, -0.15) is 0 Å². The van der Waals surface area contributed by atoms with Crippen LogP contribution in [-0.2, 0) is 11.3 Å². The van der Waals surface area contributed by atoms with Crippen molar-refractivity contribution >= 4 is 40.9 Å². The predicted molar refractivity (Wildman–Crippen MR) is 101 cm³/mol. The molecular formula is C16H20Cl2N4O2S. The van der Waals surface area contributed by atoms with Gasteiger partial charge in [0.1, 0.15) is 0 Å². The van der Waals surface area contributed by atoms with E-state index in [0.29, 0.717) is 21.7 Å². The van der Waals surface area contributed by atoms with E-state index in [0.717, 1.165) is 12.0 Å². The van der Waals surface area contributed by atoms with Crippen LogP contribution in [0.2, 0.25) is 10.0 Å². The molecule has 0 saturated carbocycles. The van der Waals surface area contributed by atoms with Gasteiger partial charge in [0, 0.05) is 16.6 Å². The maximum absolute atomic E-state index is 12.5. The Labute approximate surface area is 160 Å². The number of hydrogen-bond acceptors (Lipinski definition) is 4. The van der Waals surface area contributed by atoms with Crippen molar-refractivity contribution < 1.29 is 4.79 Å². The molecule has 1 aromatic carbocycles. The van der Waals surface area contributed by atoms with Crippen molar-refractivity contribution in [1.29, 1.82) is 0 Å². The van der Waals surface area contributed by atoms with Crippen molar-refractivity contribution in [2.75, 3.05) is 0 Å². The van der Waals surface area contributed by atoms with E-state index in [-0.39, 0.29) is 17.6 Å². The van der Waals surface area contributed by atoms with Gasteiger partial charge in [0.15, 0.2) is 5.16 Å². The molecular weight excluding hydrogens is 383 g/mol. The molecule has 25 heavy (non-hydrogen) atoms. The second-order valence-corrected chi connectivity index (χ2v) is 7.77. The maximum atomic E-state index is 12.5. The number of thioether (sulfide) groups is 1. The zero-order chi connectivity index (χ0) is 18.6. The number of H-pyrrole nitrogens is 1. The Hall–Kier alpha value is -1.44. The number of nitrogens with one attached hydrogen (secondary N) is 2. The molecule has 0 aliphatic heterocycles. The first kappa shape index (κ1) is 19.9. The lowest BCUT2D eigenvalue weighted by Gasteiger charge is -2.18. The number of carbonyl (C=O) groups is 1. The van der Waals surface area contributed by atoms with Gasteiger partial charge in [-0.3, -0.25) is 9.36 Å². The Kier molecular flexibility index (Phi) is 6.98. The fourth-order valence-corrected chi connectivity index (χ4v) is 3.75. The van der Waals surface area contributed by atoms with Gasteiger partial charge in [-0.05, 0) is 38.0 Å². The Morgan fingerprint density at radius 3 is 2.76 bits per heavy atom. The zero-order valence-electron chi connectivity index (χ0n) is 14.2. The SMILES string of the molecule is CCCn1c(S[C@H](C)C(=O)N[C@@H](C)c2ccc(Cl)cc2Cl)n[nH]c1=O. The van der Waals surface area contributed by atoms with Crippen LogP contribution in [0.1, 0.15) is 38.8 Å². The topological polar surface area (TPSA) is 79.8 Å². The van der Waals surface area contributed by atoms with Gasteiger partial charge in [0.2, 0.25) is 5.91 Å². The van der Waals surface area contributed by atoms with Crippen molar-refractivity contribution in [2.24, 2.45) is 0 Å². The highest BCUT2D eigenvalue weighted by Gasteiger charge is 2.21. The summed E-state index contributed by atoms with van der Waals surface area (Å²) in [4.78, 5) is 24.2. The minimum atomic E-state index is -0.417. The van der Waals surface area contributed by atoms with Gasteiger partial charge in [-0.1, -0.05) is 48.0 Å². The summed E-state index contributed by atoms with van der Waals surface area (Å²) in [6, 6.07) is 4.90. The van der Waals surface area contributed by atoms with E-state index in [1.807, 2.05) is 13.8 Å². The number of hydrogen-bond donors (Lipinski definition) is 2. The van der Waals surface area contributed by atoms with Gasteiger partial charge in [0.25, 0.3) is 0 Å². The third kappa shape index (κ3) is 5.03. The summed E-state index contributed by atoms with van der Waals surface area (Å²) in [5, 5.41) is 10.5. The highest BCUT2D eigenvalue weighted by molar-refractivity contribution is 8.00. The second kappa shape index (κ2) is 8.78. The van der Waals surface area contributed by atoms with Crippen LogP contribution in [0.25, 0.3) is 0 Å². The monoisotopic (exact) mass is 402 g/mol. The lowest BCUT2D eigenvalue weighted by Crippen LogP contribution is -2.33. The van der Waals surface area contributed by atoms with Crippen LogP contribution >= 0.6 is 35.0 Å². The Morgan fingerprint density at radius 2 is 2.12 bits per heavy atom. The average molecular weight is 403 g/mol. The van der Waals surface area contributed by atoms with Crippen LogP contribution < -0.4 is 11.0 Å². The summed E-state index contributed by atoms with van der Waals surface area (Å²) in [7, 11) is 0. The Balaban J connectivity index is 2.04. The molecule has 0 fully saturated rings. The second-order valence-electron chi connectivity index (χ2n) is 5.62. The largest absolute Gasteiger partial charge is 0.349 e. The maximum Gasteiger partial charge on any atom is 0.343 e. The number of carbonyl (C=O) groups excluding carboxylic acids is 1. The lowest BCUT2D eigenvalue weighted by atomic mass is 10.1. The summed E-state index contributed by atoms with van der Waals surface area (Å²) in [6.07, 6.45) is 0.805. The summed E-state index contributed by atoms with van der Waals surface area (Å²) >= 11 is 13.3. The Morgan fingerprint density at radius 1 is 1.40 bits per heavy atom. The van der Waals surface area contributed by atoms with Gasteiger partial charge >= 0.3 is 5.69 Å². The molecule has 0 bridgehead atoms. The fraction of sp³-hybridized carbons (Fsp3) is 0.438. The lowest BCUT2D eigenvalue weighted by molar-refractivity contribution is -0.120. The van der Waals surface area contributed by atoms with Crippen molar-refractivity contribution in [3.63, 3.8) is 0 Å². The quantitative estimate of drug-likeness (QED) is 0.692. The van der Waals surface area contributed by atoms with E-state index >= 15 is 0 Å². The third-order valence-electron chi connectivity index (χ3n) is 3.61. The molecule has 1 amide bonds. The fourth-order valence-electron chi connectivity index (χ4n) is 2.29. The molecule has 0 radical (unpaired) electrons. The predicted octanol–water partition coefficient (Wildman–Crippen LogP) is 3.65. The molecule has 1 heterocycles. The van der Waals surface area contributed by atoms with E-state index in [9.17, 15) is 9.59 Å². The molecule has 0 aliphatic carbocycles. The average Bonchev–Trinajstić information content (AvgIpc) is 2.88. The van der Waals surface area contributed by atoms with Crippen molar-refractivity contribution in [1.82, 2.24) is 20.1 Å².